The average molecular weight is 553 g/mol. The van der Waals surface area contributed by atoms with E-state index in [-0.39, 0.29) is 0 Å². The fourth-order valence-electron chi connectivity index (χ4n) is 4.71. The van der Waals surface area contributed by atoms with Crippen LogP contribution in [0.4, 0.5) is 0 Å². The van der Waals surface area contributed by atoms with Crippen LogP contribution in [0.25, 0.3) is 12.2 Å². The van der Waals surface area contributed by atoms with Gasteiger partial charge in [-0.1, -0.05) is 74.9 Å². The van der Waals surface area contributed by atoms with Crippen LogP contribution in [0, 0.1) is 0 Å². The van der Waals surface area contributed by atoms with Gasteiger partial charge in [-0.05, 0) is 73.9 Å². The molecule has 4 nitrogen and oxygen atoms in total. The molecular weight excluding hydrogens is 492 g/mol. The molecule has 0 aliphatic rings. The Balaban J connectivity index is 1.53. The Morgan fingerprint density at radius 1 is 0.425 bits per heavy atom. The van der Waals surface area contributed by atoms with E-state index in [4.69, 9.17) is 9.47 Å². The molecule has 0 heterocycles. The second-order valence-corrected chi connectivity index (χ2v) is 13.4. The minimum absolute atomic E-state index is 0.805. The topological polar surface area (TPSA) is 18.5 Å². The van der Waals surface area contributed by atoms with E-state index in [1.807, 2.05) is 0 Å². The van der Waals surface area contributed by atoms with Crippen LogP contribution in [-0.4, -0.2) is 77.6 Å². The fourth-order valence-corrected chi connectivity index (χ4v) is 4.71. The first-order valence-corrected chi connectivity index (χ1v) is 15.9. The Morgan fingerprint density at radius 3 is 1.05 bits per heavy atom. The maximum absolute atomic E-state index is 5.95. The molecule has 0 aromatic heterocycles. The summed E-state index contributed by atoms with van der Waals surface area (Å²) in [7, 11) is 13.6. The van der Waals surface area contributed by atoms with Gasteiger partial charge < -0.3 is 18.4 Å². The van der Waals surface area contributed by atoms with Crippen molar-refractivity contribution in [3.8, 4) is 11.5 Å². The van der Waals surface area contributed by atoms with Gasteiger partial charge in [0.2, 0.25) is 0 Å². The quantitative estimate of drug-likeness (QED) is 0.0826. The van der Waals surface area contributed by atoms with Gasteiger partial charge in [-0.3, -0.25) is 0 Å². The number of nitrogens with zero attached hydrogens (tertiary/aromatic N) is 2. The molecule has 0 saturated heterocycles. The highest BCUT2D eigenvalue weighted by Gasteiger charge is 2.06. The van der Waals surface area contributed by atoms with Gasteiger partial charge in [-0.25, -0.2) is 0 Å². The van der Waals surface area contributed by atoms with Gasteiger partial charge in [0.1, 0.15) is 11.5 Å². The van der Waals surface area contributed by atoms with E-state index in [0.717, 1.165) is 46.5 Å². The lowest BCUT2D eigenvalue weighted by Gasteiger charge is -2.23. The fraction of sp³-hybridized carbons (Fsp3) is 0.611. The monoisotopic (exact) mass is 552 g/mol. The van der Waals surface area contributed by atoms with E-state index in [9.17, 15) is 0 Å². The van der Waals surface area contributed by atoms with Crippen molar-refractivity contribution in [1.29, 1.82) is 0 Å². The molecule has 0 saturated carbocycles. The SMILES string of the molecule is C[N+](C)(C)CCCCCCCCOc1ccc(/C=C/c2ccc(OCCCCCCCC[N+](C)(C)C)cc2)cc1. The smallest absolute Gasteiger partial charge is 0.119 e. The third-order valence-electron chi connectivity index (χ3n) is 7.21. The molecule has 0 N–H and O–H groups in total. The van der Waals surface area contributed by atoms with E-state index >= 15 is 0 Å². The number of hydrogen-bond donors (Lipinski definition) is 0. The highest BCUT2D eigenvalue weighted by Crippen LogP contribution is 2.18. The molecule has 0 aliphatic heterocycles. The van der Waals surface area contributed by atoms with Crippen molar-refractivity contribution in [2.45, 2.75) is 77.0 Å². The lowest BCUT2D eigenvalue weighted by Crippen LogP contribution is -2.35. The van der Waals surface area contributed by atoms with E-state index in [1.165, 1.54) is 88.4 Å². The molecule has 0 aliphatic carbocycles. The number of quaternary nitrogens is 2. The highest BCUT2D eigenvalue weighted by molar-refractivity contribution is 5.70. The standard InChI is InChI=1S/C36H60N2O2/c1-37(2,3)29-15-11-7-9-13-17-31-39-35-25-21-33(22-26-35)19-20-34-23-27-36(28-24-34)40-32-18-14-10-8-12-16-30-38(4,5)6/h19-28H,7-18,29-32H2,1-6H3/q+2/b20-19+. The van der Waals surface area contributed by atoms with Gasteiger partial charge >= 0.3 is 0 Å². The molecule has 2 aromatic carbocycles. The highest BCUT2D eigenvalue weighted by atomic mass is 16.5. The molecule has 0 fully saturated rings. The van der Waals surface area contributed by atoms with Crippen LogP contribution in [0.3, 0.4) is 0 Å². The van der Waals surface area contributed by atoms with Gasteiger partial charge in [-0.2, -0.15) is 0 Å². The summed E-state index contributed by atoms with van der Waals surface area (Å²) in [5, 5.41) is 0. The van der Waals surface area contributed by atoms with Gasteiger partial charge in [0.25, 0.3) is 0 Å². The third-order valence-corrected chi connectivity index (χ3v) is 7.21. The number of hydrogen-bond acceptors (Lipinski definition) is 2. The Bertz CT molecular complexity index is 844. The summed E-state index contributed by atoms with van der Waals surface area (Å²) in [5.74, 6) is 1.92. The Kier molecular flexibility index (Phi) is 16.1. The Morgan fingerprint density at radius 2 is 0.725 bits per heavy atom. The molecule has 0 spiro atoms. The first-order chi connectivity index (χ1) is 19.1. The van der Waals surface area contributed by atoms with Crippen LogP contribution in [-0.2, 0) is 0 Å². The zero-order valence-electron chi connectivity index (χ0n) is 26.8. The van der Waals surface area contributed by atoms with Crippen LogP contribution in [0.1, 0.15) is 88.2 Å². The summed E-state index contributed by atoms with van der Waals surface area (Å²) >= 11 is 0. The van der Waals surface area contributed by atoms with Gasteiger partial charge in [0.15, 0.2) is 0 Å². The summed E-state index contributed by atoms with van der Waals surface area (Å²) in [4.78, 5) is 0. The predicted octanol–water partition coefficient (Wildman–Crippen LogP) is 8.71. The summed E-state index contributed by atoms with van der Waals surface area (Å²) in [6, 6.07) is 16.8. The summed E-state index contributed by atoms with van der Waals surface area (Å²) in [5.41, 5.74) is 2.36. The molecule has 4 heteroatoms. The number of benzene rings is 2. The van der Waals surface area contributed by atoms with Crippen molar-refractivity contribution >= 4 is 12.2 Å². The van der Waals surface area contributed by atoms with Crippen LogP contribution >= 0.6 is 0 Å². The predicted molar refractivity (Wildman–Crippen MR) is 174 cm³/mol. The maximum Gasteiger partial charge on any atom is 0.119 e. The van der Waals surface area contributed by atoms with E-state index in [1.54, 1.807) is 0 Å². The average Bonchev–Trinajstić information content (AvgIpc) is 2.90. The first kappa shape index (κ1) is 33.9. The van der Waals surface area contributed by atoms with Crippen molar-refractivity contribution in [2.75, 3.05) is 68.6 Å². The summed E-state index contributed by atoms with van der Waals surface area (Å²) in [6.07, 6.45) is 19.8. The van der Waals surface area contributed by atoms with Crippen molar-refractivity contribution in [2.24, 2.45) is 0 Å². The number of rotatable bonds is 22. The van der Waals surface area contributed by atoms with Crippen molar-refractivity contribution in [3.63, 3.8) is 0 Å². The summed E-state index contributed by atoms with van der Waals surface area (Å²) in [6.45, 7) is 4.15. The first-order valence-electron chi connectivity index (χ1n) is 15.9. The van der Waals surface area contributed by atoms with Gasteiger partial charge in [0.05, 0.1) is 68.6 Å². The van der Waals surface area contributed by atoms with E-state index < -0.39 is 0 Å². The van der Waals surface area contributed by atoms with Crippen LogP contribution < -0.4 is 9.47 Å². The molecule has 224 valence electrons. The van der Waals surface area contributed by atoms with Gasteiger partial charge in [-0.15, -0.1) is 0 Å². The minimum Gasteiger partial charge on any atom is -0.494 e. The van der Waals surface area contributed by atoms with Crippen LogP contribution in [0.5, 0.6) is 11.5 Å². The minimum atomic E-state index is 0.805. The number of unbranched alkanes of at least 4 members (excludes halogenated alkanes) is 10. The van der Waals surface area contributed by atoms with Crippen LogP contribution in [0.15, 0.2) is 48.5 Å². The normalized spacial score (nSPS) is 12.2. The molecule has 0 radical (unpaired) electrons. The second-order valence-electron chi connectivity index (χ2n) is 13.4. The van der Waals surface area contributed by atoms with E-state index in [0.29, 0.717) is 0 Å². The number of ether oxygens (including phenoxy) is 2. The zero-order chi connectivity index (χ0) is 29.1. The third kappa shape index (κ3) is 18.1. The molecule has 2 rings (SSSR count). The lowest BCUT2D eigenvalue weighted by atomic mass is 10.1. The molecule has 0 unspecified atom stereocenters. The van der Waals surface area contributed by atoms with Crippen LogP contribution in [0.2, 0.25) is 0 Å². The molecule has 0 atom stereocenters. The zero-order valence-corrected chi connectivity index (χ0v) is 26.8. The molecule has 40 heavy (non-hydrogen) atoms. The summed E-state index contributed by atoms with van der Waals surface area (Å²) < 4.78 is 14.0. The Labute approximate surface area is 247 Å². The lowest BCUT2D eigenvalue weighted by molar-refractivity contribution is -0.870. The largest absolute Gasteiger partial charge is 0.494 e. The second kappa shape index (κ2) is 18.9. The van der Waals surface area contributed by atoms with E-state index in [2.05, 4.69) is 103 Å². The molecular formula is C36H60N2O2+2. The van der Waals surface area contributed by atoms with Crippen molar-refractivity contribution in [3.05, 3.63) is 59.7 Å². The van der Waals surface area contributed by atoms with Gasteiger partial charge in [0, 0.05) is 0 Å². The molecule has 0 bridgehead atoms. The Hall–Kier alpha value is -2.30. The van der Waals surface area contributed by atoms with Crippen molar-refractivity contribution < 1.29 is 18.4 Å². The molecule has 2 aromatic rings. The van der Waals surface area contributed by atoms with Crippen molar-refractivity contribution in [1.82, 2.24) is 0 Å². The maximum atomic E-state index is 5.95. The molecule has 0 amide bonds.